The Kier molecular flexibility index (Phi) is 5.11. The Balaban J connectivity index is 1.73. The van der Waals surface area contributed by atoms with Crippen LogP contribution in [0.2, 0.25) is 0 Å². The number of amides is 2. The molecule has 0 aromatic heterocycles. The van der Waals surface area contributed by atoms with E-state index in [1.165, 1.54) is 0 Å². The summed E-state index contributed by atoms with van der Waals surface area (Å²) in [6.07, 6.45) is 4.39. The molecule has 2 heterocycles. The van der Waals surface area contributed by atoms with Gasteiger partial charge in [0.2, 0.25) is 11.9 Å². The number of guanidine groups is 1. The van der Waals surface area contributed by atoms with Crippen molar-refractivity contribution in [2.45, 2.75) is 44.6 Å². The molecule has 136 valence electrons. The van der Waals surface area contributed by atoms with Gasteiger partial charge >= 0.3 is 6.09 Å². The highest BCUT2D eigenvalue weighted by atomic mass is 16.6. The van der Waals surface area contributed by atoms with Gasteiger partial charge in [0, 0.05) is 26.2 Å². The SMILES string of the molecule is CCOC(=O)N1CCN(C2=NC3(CCCCC3)C(C#N)C(=O)N2)CC1. The third kappa shape index (κ3) is 3.41. The number of ether oxygens (including phenoxy) is 1. The van der Waals surface area contributed by atoms with Gasteiger partial charge in [0.25, 0.3) is 0 Å². The van der Waals surface area contributed by atoms with Gasteiger partial charge in [-0.05, 0) is 19.8 Å². The molecule has 1 saturated carbocycles. The summed E-state index contributed by atoms with van der Waals surface area (Å²) < 4.78 is 5.03. The average molecular weight is 347 g/mol. The Morgan fingerprint density at radius 1 is 1.32 bits per heavy atom. The largest absolute Gasteiger partial charge is 0.450 e. The second kappa shape index (κ2) is 7.30. The summed E-state index contributed by atoms with van der Waals surface area (Å²) in [7, 11) is 0. The maximum atomic E-state index is 12.5. The summed E-state index contributed by atoms with van der Waals surface area (Å²) >= 11 is 0. The zero-order valence-corrected chi connectivity index (χ0v) is 14.7. The van der Waals surface area contributed by atoms with Crippen LogP contribution in [0, 0.1) is 17.2 Å². The number of nitrogens with one attached hydrogen (secondary N) is 1. The van der Waals surface area contributed by atoms with Gasteiger partial charge < -0.3 is 14.5 Å². The highest BCUT2D eigenvalue weighted by molar-refractivity contribution is 6.02. The van der Waals surface area contributed by atoms with Gasteiger partial charge in [-0.15, -0.1) is 0 Å². The van der Waals surface area contributed by atoms with Crippen LogP contribution >= 0.6 is 0 Å². The second-order valence-electron chi connectivity index (χ2n) is 6.82. The zero-order valence-electron chi connectivity index (χ0n) is 14.7. The first kappa shape index (κ1) is 17.5. The van der Waals surface area contributed by atoms with Crippen molar-refractivity contribution in [2.24, 2.45) is 10.9 Å². The molecule has 2 amide bonds. The molecule has 2 fully saturated rings. The highest BCUT2D eigenvalue weighted by Crippen LogP contribution is 2.39. The monoisotopic (exact) mass is 347 g/mol. The van der Waals surface area contributed by atoms with Crippen LogP contribution in [0.1, 0.15) is 39.0 Å². The predicted molar refractivity (Wildman–Crippen MR) is 90.7 cm³/mol. The van der Waals surface area contributed by atoms with Crippen LogP contribution in [0.5, 0.6) is 0 Å². The quantitative estimate of drug-likeness (QED) is 0.765. The van der Waals surface area contributed by atoms with Crippen molar-refractivity contribution in [3.05, 3.63) is 0 Å². The van der Waals surface area contributed by atoms with Gasteiger partial charge in [0.1, 0.15) is 0 Å². The molecule has 1 saturated heterocycles. The molecule has 0 aromatic carbocycles. The summed E-state index contributed by atoms with van der Waals surface area (Å²) in [6, 6.07) is 2.17. The van der Waals surface area contributed by atoms with E-state index < -0.39 is 11.5 Å². The first-order chi connectivity index (χ1) is 12.1. The van der Waals surface area contributed by atoms with Crippen molar-refractivity contribution in [3.63, 3.8) is 0 Å². The second-order valence-corrected chi connectivity index (χ2v) is 6.82. The van der Waals surface area contributed by atoms with E-state index in [1.807, 2.05) is 4.90 Å². The zero-order chi connectivity index (χ0) is 17.9. The minimum absolute atomic E-state index is 0.248. The molecule has 1 N–H and O–H groups in total. The summed E-state index contributed by atoms with van der Waals surface area (Å²) in [4.78, 5) is 32.8. The molecule has 0 bridgehead atoms. The van der Waals surface area contributed by atoms with E-state index >= 15 is 0 Å². The fourth-order valence-corrected chi connectivity index (χ4v) is 3.94. The van der Waals surface area contributed by atoms with Crippen LogP contribution < -0.4 is 5.32 Å². The van der Waals surface area contributed by atoms with Gasteiger partial charge in [-0.2, -0.15) is 5.26 Å². The summed E-state index contributed by atoms with van der Waals surface area (Å²) in [5, 5.41) is 12.3. The predicted octanol–water partition coefficient (Wildman–Crippen LogP) is 1.09. The van der Waals surface area contributed by atoms with Gasteiger partial charge in [0.05, 0.1) is 18.2 Å². The lowest BCUT2D eigenvalue weighted by Gasteiger charge is -2.43. The first-order valence-electron chi connectivity index (χ1n) is 9.06. The Bertz CT molecular complexity index is 598. The number of hydrogen-bond acceptors (Lipinski definition) is 6. The molecule has 8 heteroatoms. The van der Waals surface area contributed by atoms with Crippen molar-refractivity contribution >= 4 is 18.0 Å². The van der Waals surface area contributed by atoms with Crippen molar-refractivity contribution in [1.29, 1.82) is 5.26 Å². The van der Waals surface area contributed by atoms with Crippen molar-refractivity contribution in [1.82, 2.24) is 15.1 Å². The number of piperazine rings is 1. The Hall–Kier alpha value is -2.30. The smallest absolute Gasteiger partial charge is 0.409 e. The summed E-state index contributed by atoms with van der Waals surface area (Å²) in [6.45, 7) is 4.39. The topological polar surface area (TPSA) is 98.0 Å². The van der Waals surface area contributed by atoms with Crippen molar-refractivity contribution in [2.75, 3.05) is 32.8 Å². The van der Waals surface area contributed by atoms with E-state index in [0.717, 1.165) is 32.1 Å². The molecule has 3 rings (SSSR count). The first-order valence-corrected chi connectivity index (χ1v) is 9.06. The fraction of sp³-hybridized carbons (Fsp3) is 0.765. The standard InChI is InChI=1S/C17H25N5O3/c1-2-25-16(24)22-10-8-21(9-11-22)15-19-14(23)13(12-18)17(20-15)6-4-3-5-7-17/h13H,2-11H2,1H3,(H,19,20,23). The van der Waals surface area contributed by atoms with Crippen LogP contribution in [0.15, 0.2) is 4.99 Å². The lowest BCUT2D eigenvalue weighted by molar-refractivity contribution is -0.125. The van der Waals surface area contributed by atoms with Crippen molar-refractivity contribution < 1.29 is 14.3 Å². The van der Waals surface area contributed by atoms with E-state index in [4.69, 9.17) is 9.73 Å². The number of carbonyl (C=O) groups excluding carboxylic acids is 2. The Morgan fingerprint density at radius 3 is 2.60 bits per heavy atom. The summed E-state index contributed by atoms with van der Waals surface area (Å²) in [5.41, 5.74) is -0.580. The van der Waals surface area contributed by atoms with Gasteiger partial charge in [-0.3, -0.25) is 10.1 Å². The fourth-order valence-electron chi connectivity index (χ4n) is 3.94. The third-order valence-electron chi connectivity index (χ3n) is 5.32. The maximum Gasteiger partial charge on any atom is 0.409 e. The molecule has 1 unspecified atom stereocenters. The van der Waals surface area contributed by atoms with Crippen LogP contribution in [-0.2, 0) is 9.53 Å². The van der Waals surface area contributed by atoms with Gasteiger partial charge in [0.15, 0.2) is 5.92 Å². The Labute approximate surface area is 147 Å². The lowest BCUT2D eigenvalue weighted by Crippen LogP contribution is -2.61. The third-order valence-corrected chi connectivity index (χ3v) is 5.32. The maximum absolute atomic E-state index is 12.5. The molecular formula is C17H25N5O3. The molecule has 25 heavy (non-hydrogen) atoms. The van der Waals surface area contributed by atoms with E-state index in [9.17, 15) is 14.9 Å². The number of rotatable bonds is 1. The number of nitriles is 1. The molecule has 1 spiro atoms. The Morgan fingerprint density at radius 2 is 2.00 bits per heavy atom. The highest BCUT2D eigenvalue weighted by Gasteiger charge is 2.48. The van der Waals surface area contributed by atoms with E-state index in [0.29, 0.717) is 38.7 Å². The van der Waals surface area contributed by atoms with Crippen LogP contribution in [0.4, 0.5) is 4.79 Å². The minimum atomic E-state index is -0.711. The number of hydrogen-bond donors (Lipinski definition) is 1. The molecule has 1 aliphatic carbocycles. The summed E-state index contributed by atoms with van der Waals surface area (Å²) in [5.74, 6) is -0.401. The van der Waals surface area contributed by atoms with Gasteiger partial charge in [-0.25, -0.2) is 9.79 Å². The average Bonchev–Trinajstić information content (AvgIpc) is 2.62. The van der Waals surface area contributed by atoms with E-state index in [1.54, 1.807) is 11.8 Å². The number of carbonyl (C=O) groups is 2. The molecule has 8 nitrogen and oxygen atoms in total. The normalized spacial score (nSPS) is 25.8. The molecule has 3 aliphatic rings. The van der Waals surface area contributed by atoms with Crippen molar-refractivity contribution in [3.8, 4) is 6.07 Å². The van der Waals surface area contributed by atoms with Crippen LogP contribution in [-0.4, -0.2) is 66.1 Å². The minimum Gasteiger partial charge on any atom is -0.450 e. The van der Waals surface area contributed by atoms with Gasteiger partial charge in [-0.1, -0.05) is 19.3 Å². The number of nitrogens with zero attached hydrogens (tertiary/aromatic N) is 4. The number of aliphatic imine (C=N–C) groups is 1. The molecule has 1 atom stereocenters. The van der Waals surface area contributed by atoms with Crippen LogP contribution in [0.25, 0.3) is 0 Å². The molecule has 0 aromatic rings. The molecule has 2 aliphatic heterocycles. The van der Waals surface area contributed by atoms with Crippen LogP contribution in [0.3, 0.4) is 0 Å². The lowest BCUT2D eigenvalue weighted by atomic mass is 9.72. The van der Waals surface area contributed by atoms with E-state index in [-0.39, 0.29) is 12.0 Å². The molecular weight excluding hydrogens is 322 g/mol. The van der Waals surface area contributed by atoms with E-state index in [2.05, 4.69) is 11.4 Å². The molecule has 0 radical (unpaired) electrons.